The zero-order chi connectivity index (χ0) is 10.8. The predicted molar refractivity (Wildman–Crippen MR) is 63.4 cm³/mol. The van der Waals surface area contributed by atoms with Crippen LogP contribution in [0.1, 0.15) is 19.4 Å². The molecule has 0 unspecified atom stereocenters. The number of aryl methyl sites for hydroxylation is 1. The monoisotopic (exact) mass is 191 g/mol. The molecular weight excluding hydrogens is 174 g/mol. The van der Waals surface area contributed by atoms with Crippen LogP contribution in [-0.2, 0) is 0 Å². The fraction of sp³-hybridized carbons (Fsp3) is 0.273. The van der Waals surface area contributed by atoms with Crippen molar-refractivity contribution in [3.05, 3.63) is 29.8 Å². The van der Waals surface area contributed by atoms with Crippen LogP contribution in [0.15, 0.2) is 29.4 Å². The molecule has 1 rings (SSSR count). The zero-order valence-electron chi connectivity index (χ0n) is 8.91. The Bertz CT molecular complexity index is 292. The third-order valence-electron chi connectivity index (χ3n) is 1.36. The van der Waals surface area contributed by atoms with Gasteiger partial charge < -0.3 is 5.41 Å². The van der Waals surface area contributed by atoms with E-state index in [0.29, 0.717) is 0 Å². The van der Waals surface area contributed by atoms with Gasteiger partial charge in [0.25, 0.3) is 0 Å². The molecule has 0 amide bonds. The Morgan fingerprint density at radius 1 is 1.36 bits per heavy atom. The van der Waals surface area contributed by atoms with E-state index in [-0.39, 0.29) is 0 Å². The van der Waals surface area contributed by atoms with Gasteiger partial charge in [0.15, 0.2) is 0 Å². The first-order chi connectivity index (χ1) is 6.83. The minimum Gasteiger partial charge on any atom is -0.307 e. The molecule has 0 aliphatic heterocycles. The number of nitrogens with zero attached hydrogens (tertiary/aromatic N) is 1. The summed E-state index contributed by atoms with van der Waals surface area (Å²) in [6.07, 6.45) is 2.52. The van der Waals surface area contributed by atoms with E-state index < -0.39 is 0 Å². The zero-order valence-corrected chi connectivity index (χ0v) is 8.91. The lowest BCUT2D eigenvalue weighted by atomic mass is 10.2. The molecule has 0 aromatic heterocycles. The molecule has 76 valence electrons. The topological polar surface area (TPSA) is 48.2 Å². The summed E-state index contributed by atoms with van der Waals surface area (Å²) >= 11 is 0. The molecule has 0 fully saturated rings. The molecule has 0 heterocycles. The molecule has 1 aromatic carbocycles. The fourth-order valence-electron chi connectivity index (χ4n) is 0.864. The number of rotatable bonds is 3. The number of hydrogen-bond acceptors (Lipinski definition) is 3. The van der Waals surface area contributed by atoms with Crippen molar-refractivity contribution in [3.63, 3.8) is 0 Å². The normalized spacial score (nSPS) is 9.07. The highest BCUT2D eigenvalue weighted by atomic mass is 15.3. The van der Waals surface area contributed by atoms with Crippen molar-refractivity contribution in [2.24, 2.45) is 5.10 Å². The van der Waals surface area contributed by atoms with Gasteiger partial charge in [-0.25, -0.2) is 0 Å². The Morgan fingerprint density at radius 3 is 2.64 bits per heavy atom. The van der Waals surface area contributed by atoms with Gasteiger partial charge in [-0.15, -0.1) is 0 Å². The average molecular weight is 191 g/mol. The smallest absolute Gasteiger partial charge is 0.0648 e. The number of nitrogens with one attached hydrogen (secondary N) is 2. The first kappa shape index (κ1) is 12.4. The maximum Gasteiger partial charge on any atom is 0.0648 e. The Labute approximate surface area is 85.4 Å². The van der Waals surface area contributed by atoms with Crippen molar-refractivity contribution in [3.8, 4) is 0 Å². The van der Waals surface area contributed by atoms with Crippen LogP contribution in [0, 0.1) is 12.3 Å². The second-order valence-electron chi connectivity index (χ2n) is 2.43. The van der Waals surface area contributed by atoms with E-state index in [4.69, 9.17) is 5.41 Å². The quantitative estimate of drug-likeness (QED) is 0.560. The predicted octanol–water partition coefficient (Wildman–Crippen LogP) is 3.07. The van der Waals surface area contributed by atoms with Gasteiger partial charge in [-0.05, 0) is 24.6 Å². The summed E-state index contributed by atoms with van der Waals surface area (Å²) in [5, 5.41) is 10.5. The molecule has 0 aliphatic carbocycles. The second kappa shape index (κ2) is 7.98. The highest BCUT2D eigenvalue weighted by molar-refractivity contribution is 6.14. The third kappa shape index (κ3) is 5.09. The van der Waals surface area contributed by atoms with Crippen molar-refractivity contribution in [2.45, 2.75) is 20.8 Å². The van der Waals surface area contributed by atoms with Crippen LogP contribution in [-0.4, -0.2) is 12.4 Å². The first-order valence-electron chi connectivity index (χ1n) is 4.68. The maximum atomic E-state index is 6.70. The Hall–Kier alpha value is -1.64. The SMILES string of the molecule is CC.Cc1cccc(N/N=C\C=N)c1. The highest BCUT2D eigenvalue weighted by Gasteiger charge is 1.87. The van der Waals surface area contributed by atoms with Crippen LogP contribution in [0.2, 0.25) is 0 Å². The molecule has 0 aliphatic rings. The minimum atomic E-state index is 0.938. The molecule has 2 N–H and O–H groups in total. The maximum absolute atomic E-state index is 6.70. The average Bonchev–Trinajstić information content (AvgIpc) is 2.21. The lowest BCUT2D eigenvalue weighted by Gasteiger charge is -1.99. The van der Waals surface area contributed by atoms with E-state index in [1.807, 2.05) is 45.0 Å². The highest BCUT2D eigenvalue weighted by Crippen LogP contribution is 2.08. The molecule has 0 atom stereocenters. The molecule has 0 spiro atoms. The standard InChI is InChI=1S/C9H11N3.C2H6/c1-8-3-2-4-9(7-8)12-11-6-5-10;1-2/h2-7,10,12H,1H3;1-2H3/b10-5?,11-6-;. The molecule has 0 radical (unpaired) electrons. The van der Waals surface area contributed by atoms with Crippen molar-refractivity contribution >= 4 is 18.1 Å². The molecule has 0 saturated carbocycles. The summed E-state index contributed by atoms with van der Waals surface area (Å²) in [5.41, 5.74) is 4.93. The summed E-state index contributed by atoms with van der Waals surface area (Å²) in [6, 6.07) is 7.89. The van der Waals surface area contributed by atoms with Crippen LogP contribution in [0.25, 0.3) is 0 Å². The van der Waals surface area contributed by atoms with Gasteiger partial charge in [0.2, 0.25) is 0 Å². The summed E-state index contributed by atoms with van der Waals surface area (Å²) < 4.78 is 0. The molecular formula is C11H17N3. The van der Waals surface area contributed by atoms with Gasteiger partial charge in [0, 0.05) is 6.21 Å². The van der Waals surface area contributed by atoms with E-state index in [1.54, 1.807) is 0 Å². The van der Waals surface area contributed by atoms with E-state index in [2.05, 4.69) is 10.5 Å². The Balaban J connectivity index is 0.000000791. The number of hydrogen-bond donors (Lipinski definition) is 2. The molecule has 0 saturated heterocycles. The Morgan fingerprint density at radius 2 is 2.07 bits per heavy atom. The van der Waals surface area contributed by atoms with E-state index in [1.165, 1.54) is 11.8 Å². The molecule has 1 aromatic rings. The van der Waals surface area contributed by atoms with Crippen LogP contribution < -0.4 is 5.43 Å². The summed E-state index contributed by atoms with van der Waals surface area (Å²) in [5.74, 6) is 0. The van der Waals surface area contributed by atoms with Crippen LogP contribution in [0.3, 0.4) is 0 Å². The van der Waals surface area contributed by atoms with Crippen molar-refractivity contribution < 1.29 is 0 Å². The first-order valence-corrected chi connectivity index (χ1v) is 4.68. The van der Waals surface area contributed by atoms with Gasteiger partial charge in [-0.1, -0.05) is 26.0 Å². The molecule has 3 heteroatoms. The molecule has 0 bridgehead atoms. The van der Waals surface area contributed by atoms with Crippen LogP contribution in [0.5, 0.6) is 0 Å². The van der Waals surface area contributed by atoms with Gasteiger partial charge in [-0.2, -0.15) is 5.10 Å². The van der Waals surface area contributed by atoms with Crippen molar-refractivity contribution in [2.75, 3.05) is 5.43 Å². The van der Waals surface area contributed by atoms with Crippen molar-refractivity contribution in [1.82, 2.24) is 0 Å². The largest absolute Gasteiger partial charge is 0.307 e. The van der Waals surface area contributed by atoms with Crippen LogP contribution in [0.4, 0.5) is 5.69 Å². The van der Waals surface area contributed by atoms with Crippen molar-refractivity contribution in [1.29, 1.82) is 5.41 Å². The summed E-state index contributed by atoms with van der Waals surface area (Å²) in [4.78, 5) is 0. The van der Waals surface area contributed by atoms with Gasteiger partial charge in [0.05, 0.1) is 11.9 Å². The Kier molecular flexibility index (Phi) is 7.05. The van der Waals surface area contributed by atoms with Gasteiger partial charge in [0.1, 0.15) is 0 Å². The van der Waals surface area contributed by atoms with Crippen LogP contribution >= 0.6 is 0 Å². The summed E-state index contributed by atoms with van der Waals surface area (Å²) in [7, 11) is 0. The van der Waals surface area contributed by atoms with E-state index in [0.717, 1.165) is 11.9 Å². The van der Waals surface area contributed by atoms with E-state index >= 15 is 0 Å². The third-order valence-corrected chi connectivity index (χ3v) is 1.36. The lowest BCUT2D eigenvalue weighted by Crippen LogP contribution is -1.89. The van der Waals surface area contributed by atoms with E-state index in [9.17, 15) is 0 Å². The number of anilines is 1. The second-order valence-corrected chi connectivity index (χ2v) is 2.43. The fourth-order valence-corrected chi connectivity index (χ4v) is 0.864. The number of benzene rings is 1. The molecule has 14 heavy (non-hydrogen) atoms. The number of hydrazone groups is 1. The lowest BCUT2D eigenvalue weighted by molar-refractivity contribution is 1.34. The summed E-state index contributed by atoms with van der Waals surface area (Å²) in [6.45, 7) is 6.02. The minimum absolute atomic E-state index is 0.938. The van der Waals surface area contributed by atoms with Gasteiger partial charge >= 0.3 is 0 Å². The molecule has 3 nitrogen and oxygen atoms in total. The van der Waals surface area contributed by atoms with Gasteiger partial charge in [-0.3, -0.25) is 5.43 Å².